The molecular weight excluding hydrogens is 400 g/mol. The number of rotatable bonds is 8. The summed E-state index contributed by atoms with van der Waals surface area (Å²) in [5, 5.41) is 13.1. The van der Waals surface area contributed by atoms with Crippen molar-refractivity contribution < 1.29 is 24.1 Å². The van der Waals surface area contributed by atoms with Crippen LogP contribution in [0.4, 0.5) is 0 Å². The zero-order valence-corrected chi connectivity index (χ0v) is 17.6. The largest absolute Gasteiger partial charge is 0.387 e. The van der Waals surface area contributed by atoms with Crippen LogP contribution in [0.3, 0.4) is 0 Å². The highest BCUT2D eigenvalue weighted by Crippen LogP contribution is 2.37. The molecule has 1 fully saturated rings. The van der Waals surface area contributed by atoms with Crippen LogP contribution < -0.4 is 0 Å². The summed E-state index contributed by atoms with van der Waals surface area (Å²) in [5.74, 6) is 0. The summed E-state index contributed by atoms with van der Waals surface area (Å²) in [7, 11) is 1.58. The van der Waals surface area contributed by atoms with Gasteiger partial charge in [-0.05, 0) is 22.6 Å². The average Bonchev–Trinajstić information content (AvgIpc) is 3.33. The number of thiophene rings is 1. The molecule has 1 saturated heterocycles. The fourth-order valence-corrected chi connectivity index (χ4v) is 4.40. The molecule has 6 heteroatoms. The molecule has 30 heavy (non-hydrogen) atoms. The molecular formula is C24H26O5S. The van der Waals surface area contributed by atoms with Gasteiger partial charge in [-0.2, -0.15) is 0 Å². The Labute approximate surface area is 180 Å². The number of hydrogen-bond donors (Lipinski definition) is 1. The molecule has 0 unspecified atom stereocenters. The topological polar surface area (TPSA) is 57.2 Å². The van der Waals surface area contributed by atoms with Crippen LogP contribution in [-0.2, 0) is 32.2 Å². The zero-order chi connectivity index (χ0) is 20.8. The summed E-state index contributed by atoms with van der Waals surface area (Å²) in [6.07, 6.45) is -3.28. The average molecular weight is 427 g/mol. The Morgan fingerprint density at radius 3 is 1.97 bits per heavy atom. The van der Waals surface area contributed by atoms with Crippen molar-refractivity contribution in [2.75, 3.05) is 7.11 Å². The van der Waals surface area contributed by atoms with Crippen LogP contribution in [0, 0.1) is 0 Å². The molecule has 2 heterocycles. The Balaban J connectivity index is 1.55. The maximum atomic E-state index is 11.2. The maximum Gasteiger partial charge on any atom is 0.186 e. The van der Waals surface area contributed by atoms with E-state index in [2.05, 4.69) is 0 Å². The first kappa shape index (κ1) is 21.2. The number of aliphatic hydroxyl groups is 1. The predicted octanol–water partition coefficient (Wildman–Crippen LogP) is 4.32. The normalized spacial score (nSPS) is 26.5. The highest BCUT2D eigenvalue weighted by atomic mass is 32.1. The monoisotopic (exact) mass is 426 g/mol. The van der Waals surface area contributed by atoms with Crippen molar-refractivity contribution in [3.05, 3.63) is 94.2 Å². The first-order chi connectivity index (χ1) is 14.8. The molecule has 0 amide bonds. The molecule has 5 atom stereocenters. The molecule has 0 saturated carbocycles. The van der Waals surface area contributed by atoms with Crippen molar-refractivity contribution in [3.63, 3.8) is 0 Å². The van der Waals surface area contributed by atoms with E-state index >= 15 is 0 Å². The van der Waals surface area contributed by atoms with Crippen LogP contribution >= 0.6 is 11.3 Å². The van der Waals surface area contributed by atoms with E-state index in [1.807, 2.05) is 78.2 Å². The number of methoxy groups -OCH3 is 1. The van der Waals surface area contributed by atoms with Crippen molar-refractivity contribution in [3.8, 4) is 0 Å². The van der Waals surface area contributed by atoms with Crippen LogP contribution in [0.2, 0.25) is 0 Å². The minimum absolute atomic E-state index is 0.362. The first-order valence-corrected chi connectivity index (χ1v) is 10.8. The molecule has 1 aromatic heterocycles. The Kier molecular flexibility index (Phi) is 7.28. The second-order valence-electron chi connectivity index (χ2n) is 7.19. The fraction of sp³-hybridized carbons (Fsp3) is 0.333. The highest BCUT2D eigenvalue weighted by molar-refractivity contribution is 7.10. The fourth-order valence-electron chi connectivity index (χ4n) is 3.60. The Hall–Kier alpha value is -2.06. The molecule has 2 aromatic carbocycles. The Morgan fingerprint density at radius 1 is 0.833 bits per heavy atom. The van der Waals surface area contributed by atoms with E-state index in [0.717, 1.165) is 16.0 Å². The minimum atomic E-state index is -0.889. The number of aliphatic hydroxyl groups excluding tert-OH is 1. The van der Waals surface area contributed by atoms with Crippen molar-refractivity contribution in [2.45, 2.75) is 43.9 Å². The van der Waals surface area contributed by atoms with Crippen molar-refractivity contribution >= 4 is 11.3 Å². The minimum Gasteiger partial charge on any atom is -0.387 e. The molecule has 5 nitrogen and oxygen atoms in total. The van der Waals surface area contributed by atoms with Crippen LogP contribution in [-0.4, -0.2) is 36.8 Å². The Morgan fingerprint density at radius 2 is 1.43 bits per heavy atom. The van der Waals surface area contributed by atoms with E-state index in [-0.39, 0.29) is 0 Å². The molecule has 0 bridgehead atoms. The smallest absolute Gasteiger partial charge is 0.186 e. The quantitative estimate of drug-likeness (QED) is 0.581. The molecule has 4 rings (SSSR count). The molecule has 158 valence electrons. The lowest BCUT2D eigenvalue weighted by Gasteiger charge is -2.43. The van der Waals surface area contributed by atoms with Crippen LogP contribution in [0.5, 0.6) is 0 Å². The van der Waals surface area contributed by atoms with Crippen molar-refractivity contribution in [2.24, 2.45) is 0 Å². The molecule has 1 aliphatic heterocycles. The zero-order valence-electron chi connectivity index (χ0n) is 16.8. The molecule has 1 aliphatic rings. The van der Waals surface area contributed by atoms with E-state index in [1.54, 1.807) is 7.11 Å². The lowest BCUT2D eigenvalue weighted by molar-refractivity contribution is -0.312. The van der Waals surface area contributed by atoms with Gasteiger partial charge in [-0.15, -0.1) is 11.3 Å². The molecule has 0 radical (unpaired) electrons. The van der Waals surface area contributed by atoms with Gasteiger partial charge in [-0.25, -0.2) is 0 Å². The van der Waals surface area contributed by atoms with Gasteiger partial charge in [-0.1, -0.05) is 66.7 Å². The number of benzene rings is 2. The van der Waals surface area contributed by atoms with E-state index < -0.39 is 30.7 Å². The van der Waals surface area contributed by atoms with Gasteiger partial charge in [0, 0.05) is 12.0 Å². The van der Waals surface area contributed by atoms with Crippen LogP contribution in [0.1, 0.15) is 22.1 Å². The van der Waals surface area contributed by atoms with Gasteiger partial charge in [0.2, 0.25) is 0 Å². The highest BCUT2D eigenvalue weighted by Gasteiger charge is 2.48. The Bertz CT molecular complexity index is 871. The summed E-state index contributed by atoms with van der Waals surface area (Å²) in [4.78, 5) is 0.930. The SMILES string of the molecule is CO[C@@H]1O[C@@H](c2cccs2)[C@@H](O)[C@H](OCc2ccccc2)[C@H]1OCc1ccccc1. The molecule has 3 aromatic rings. The summed E-state index contributed by atoms with van der Waals surface area (Å²) >= 11 is 1.54. The van der Waals surface area contributed by atoms with Gasteiger partial charge in [0.1, 0.15) is 24.4 Å². The van der Waals surface area contributed by atoms with E-state index in [9.17, 15) is 5.11 Å². The van der Waals surface area contributed by atoms with E-state index in [0.29, 0.717) is 13.2 Å². The van der Waals surface area contributed by atoms with Crippen molar-refractivity contribution in [1.82, 2.24) is 0 Å². The second kappa shape index (κ2) is 10.3. The molecule has 1 N–H and O–H groups in total. The van der Waals surface area contributed by atoms with Gasteiger partial charge >= 0.3 is 0 Å². The lowest BCUT2D eigenvalue weighted by atomic mass is 9.97. The maximum absolute atomic E-state index is 11.2. The summed E-state index contributed by atoms with van der Waals surface area (Å²) in [6.45, 7) is 0.734. The third kappa shape index (κ3) is 4.98. The second-order valence-corrected chi connectivity index (χ2v) is 8.17. The van der Waals surface area contributed by atoms with E-state index in [4.69, 9.17) is 18.9 Å². The van der Waals surface area contributed by atoms with Gasteiger partial charge in [0.15, 0.2) is 6.29 Å². The van der Waals surface area contributed by atoms with Gasteiger partial charge < -0.3 is 24.1 Å². The summed E-state index contributed by atoms with van der Waals surface area (Å²) < 4.78 is 24.1. The standard InChI is InChI=1S/C24H26O5S/c1-26-24-23(28-16-18-11-6-3-7-12-18)22(27-15-17-9-4-2-5-10-17)20(25)21(29-24)19-13-8-14-30-19/h2-14,20-25H,15-16H2,1H3/t20-,21+,22+,23-,24-/m1/s1. The van der Waals surface area contributed by atoms with Gasteiger partial charge in [0.25, 0.3) is 0 Å². The molecule has 0 spiro atoms. The molecule has 0 aliphatic carbocycles. The van der Waals surface area contributed by atoms with Crippen molar-refractivity contribution in [1.29, 1.82) is 0 Å². The first-order valence-electron chi connectivity index (χ1n) is 9.97. The summed E-state index contributed by atoms with van der Waals surface area (Å²) in [6, 6.07) is 23.7. The third-order valence-corrected chi connectivity index (χ3v) is 6.08. The van der Waals surface area contributed by atoms with Crippen LogP contribution in [0.15, 0.2) is 78.2 Å². The van der Waals surface area contributed by atoms with Gasteiger partial charge in [-0.3, -0.25) is 0 Å². The predicted molar refractivity (Wildman–Crippen MR) is 115 cm³/mol. The summed E-state index contributed by atoms with van der Waals surface area (Å²) in [5.41, 5.74) is 2.06. The van der Waals surface area contributed by atoms with Gasteiger partial charge in [0.05, 0.1) is 13.2 Å². The lowest BCUT2D eigenvalue weighted by Crippen LogP contribution is -2.56. The third-order valence-electron chi connectivity index (χ3n) is 5.15. The van der Waals surface area contributed by atoms with E-state index in [1.165, 1.54) is 11.3 Å². The van der Waals surface area contributed by atoms with Crippen LogP contribution in [0.25, 0.3) is 0 Å². The number of ether oxygens (including phenoxy) is 4. The number of hydrogen-bond acceptors (Lipinski definition) is 6.